The second-order valence-corrected chi connectivity index (χ2v) is 9.79. The van der Waals surface area contributed by atoms with E-state index in [1.165, 1.54) is 5.69 Å². The van der Waals surface area contributed by atoms with E-state index in [1.807, 2.05) is 43.3 Å². The molecule has 1 saturated heterocycles. The van der Waals surface area contributed by atoms with Crippen molar-refractivity contribution < 1.29 is 5.11 Å². The van der Waals surface area contributed by atoms with E-state index in [1.54, 1.807) is 12.1 Å². The zero-order valence-corrected chi connectivity index (χ0v) is 21.4. The number of hydrogen-bond donors (Lipinski definition) is 2. The molecule has 1 aromatic heterocycles. The predicted molar refractivity (Wildman–Crippen MR) is 149 cm³/mol. The third kappa shape index (κ3) is 4.95. The van der Waals surface area contributed by atoms with Crippen LogP contribution in [0.25, 0.3) is 11.4 Å². The normalized spacial score (nSPS) is 17.8. The van der Waals surface area contributed by atoms with Gasteiger partial charge in [-0.05, 0) is 68.8 Å². The summed E-state index contributed by atoms with van der Waals surface area (Å²) in [7, 11) is 0. The summed E-state index contributed by atoms with van der Waals surface area (Å²) in [6, 6.07) is 26.0. The molecule has 2 heterocycles. The minimum absolute atomic E-state index is 0.234. The third-order valence-corrected chi connectivity index (χ3v) is 6.93. The van der Waals surface area contributed by atoms with Crippen molar-refractivity contribution in [1.82, 2.24) is 9.97 Å². The molecule has 4 aromatic rings. The molecule has 7 heteroatoms. The number of para-hydroxylation sites is 1. The highest BCUT2D eigenvalue weighted by molar-refractivity contribution is 6.33. The van der Waals surface area contributed by atoms with Crippen LogP contribution in [-0.2, 0) is 0 Å². The maximum absolute atomic E-state index is 9.82. The van der Waals surface area contributed by atoms with E-state index in [9.17, 15) is 5.11 Å². The monoisotopic (exact) mass is 499 g/mol. The first kappa shape index (κ1) is 23.9. The number of hydrogen-bond acceptors (Lipinski definition) is 6. The van der Waals surface area contributed by atoms with Crippen molar-refractivity contribution in [3.8, 4) is 17.1 Å². The molecule has 3 aromatic carbocycles. The lowest BCUT2D eigenvalue weighted by Crippen LogP contribution is -2.57. The molecule has 184 valence electrons. The Morgan fingerprint density at radius 2 is 1.58 bits per heavy atom. The molecule has 0 spiro atoms. The van der Waals surface area contributed by atoms with Gasteiger partial charge in [-0.3, -0.25) is 0 Å². The summed E-state index contributed by atoms with van der Waals surface area (Å²) in [6.45, 7) is 8.12. The van der Waals surface area contributed by atoms with Crippen molar-refractivity contribution in [3.05, 3.63) is 89.4 Å². The fourth-order valence-electron chi connectivity index (χ4n) is 4.97. The number of aromatic nitrogens is 2. The van der Waals surface area contributed by atoms with E-state index < -0.39 is 0 Å². The average Bonchev–Trinajstić information content (AvgIpc) is 2.86. The number of aromatic hydroxyl groups is 1. The Kier molecular flexibility index (Phi) is 6.70. The van der Waals surface area contributed by atoms with Gasteiger partial charge in [0, 0.05) is 48.2 Å². The van der Waals surface area contributed by atoms with Crippen LogP contribution >= 0.6 is 11.6 Å². The number of benzene rings is 3. The van der Waals surface area contributed by atoms with Gasteiger partial charge >= 0.3 is 0 Å². The molecular weight excluding hydrogens is 470 g/mol. The van der Waals surface area contributed by atoms with Gasteiger partial charge in [-0.2, -0.15) is 0 Å². The Balaban J connectivity index is 1.51. The largest absolute Gasteiger partial charge is 0.508 e. The highest BCUT2D eigenvalue weighted by Crippen LogP contribution is 2.32. The van der Waals surface area contributed by atoms with Gasteiger partial charge in [0.25, 0.3) is 0 Å². The third-order valence-electron chi connectivity index (χ3n) is 6.60. The molecule has 0 saturated carbocycles. The summed E-state index contributed by atoms with van der Waals surface area (Å²) in [5, 5.41) is 13.8. The van der Waals surface area contributed by atoms with Crippen LogP contribution in [0.1, 0.15) is 19.4 Å². The fourth-order valence-corrected chi connectivity index (χ4v) is 5.19. The van der Waals surface area contributed by atoms with Crippen LogP contribution < -0.4 is 15.1 Å². The molecular formula is C29H30ClN5O. The second kappa shape index (κ2) is 10.1. The Morgan fingerprint density at radius 3 is 2.28 bits per heavy atom. The summed E-state index contributed by atoms with van der Waals surface area (Å²) < 4.78 is 0. The molecule has 0 aliphatic carbocycles. The Labute approximate surface area is 217 Å². The van der Waals surface area contributed by atoms with Gasteiger partial charge in [0.15, 0.2) is 5.82 Å². The van der Waals surface area contributed by atoms with Crippen LogP contribution in [0.2, 0.25) is 5.02 Å². The van der Waals surface area contributed by atoms with Gasteiger partial charge in [0.1, 0.15) is 17.4 Å². The molecule has 0 radical (unpaired) electrons. The number of phenols is 1. The smallest absolute Gasteiger partial charge is 0.165 e. The first-order valence-corrected chi connectivity index (χ1v) is 12.6. The maximum atomic E-state index is 9.82. The highest BCUT2D eigenvalue weighted by atomic mass is 35.5. The summed E-state index contributed by atoms with van der Waals surface area (Å²) in [5.41, 5.74) is 3.82. The van der Waals surface area contributed by atoms with Gasteiger partial charge < -0.3 is 20.2 Å². The van der Waals surface area contributed by atoms with Crippen molar-refractivity contribution in [1.29, 1.82) is 0 Å². The maximum Gasteiger partial charge on any atom is 0.165 e. The minimum atomic E-state index is 0.234. The quantitative estimate of drug-likeness (QED) is 0.299. The van der Waals surface area contributed by atoms with Crippen LogP contribution in [0.5, 0.6) is 5.75 Å². The van der Waals surface area contributed by atoms with E-state index in [0.717, 1.165) is 35.7 Å². The SMILES string of the molecule is Cc1cc(O)ccc1Nc1cc(N2CC(C)N(c3ccccc3)C(C)C2)nc(-c2ccccc2Cl)n1. The number of phenolic OH excluding ortho intramolecular Hbond substituents is 1. The standard InChI is InChI=1S/C29H30ClN5O/c1-19-15-23(36)13-14-26(19)31-27-16-28(33-29(32-27)24-11-7-8-12-25(24)30)34-17-20(2)35(21(3)18-34)22-9-5-4-6-10-22/h4-16,20-21,36H,17-18H2,1-3H3,(H,31,32,33). The topological polar surface area (TPSA) is 64.5 Å². The van der Waals surface area contributed by atoms with Crippen molar-refractivity contribution in [3.63, 3.8) is 0 Å². The molecule has 1 aliphatic rings. The fraction of sp³-hybridized carbons (Fsp3) is 0.241. The number of rotatable bonds is 5. The van der Waals surface area contributed by atoms with Gasteiger partial charge in [0.05, 0.1) is 5.02 Å². The molecule has 2 unspecified atom stereocenters. The molecule has 2 N–H and O–H groups in total. The minimum Gasteiger partial charge on any atom is -0.508 e. The molecule has 0 bridgehead atoms. The zero-order chi connectivity index (χ0) is 25.2. The van der Waals surface area contributed by atoms with E-state index in [2.05, 4.69) is 59.3 Å². The van der Waals surface area contributed by atoms with Crippen molar-refractivity contribution in [2.24, 2.45) is 0 Å². The van der Waals surface area contributed by atoms with E-state index in [4.69, 9.17) is 21.6 Å². The number of nitrogens with zero attached hydrogens (tertiary/aromatic N) is 4. The van der Waals surface area contributed by atoms with Gasteiger partial charge in [-0.1, -0.05) is 41.9 Å². The lowest BCUT2D eigenvalue weighted by atomic mass is 10.1. The molecule has 0 amide bonds. The van der Waals surface area contributed by atoms with Crippen molar-refractivity contribution in [2.45, 2.75) is 32.9 Å². The number of halogens is 1. The van der Waals surface area contributed by atoms with Crippen LogP contribution in [0, 0.1) is 6.92 Å². The van der Waals surface area contributed by atoms with Crippen LogP contribution in [0.4, 0.5) is 23.0 Å². The van der Waals surface area contributed by atoms with Gasteiger partial charge in [-0.25, -0.2) is 9.97 Å². The van der Waals surface area contributed by atoms with E-state index in [-0.39, 0.29) is 5.75 Å². The van der Waals surface area contributed by atoms with Gasteiger partial charge in [0.2, 0.25) is 0 Å². The zero-order valence-electron chi connectivity index (χ0n) is 20.7. The van der Waals surface area contributed by atoms with Crippen LogP contribution in [-0.4, -0.2) is 40.2 Å². The summed E-state index contributed by atoms with van der Waals surface area (Å²) in [5.74, 6) is 2.33. The van der Waals surface area contributed by atoms with E-state index in [0.29, 0.717) is 28.7 Å². The first-order chi connectivity index (χ1) is 17.4. The highest BCUT2D eigenvalue weighted by Gasteiger charge is 2.30. The molecule has 1 fully saturated rings. The lowest BCUT2D eigenvalue weighted by Gasteiger charge is -2.46. The Morgan fingerprint density at radius 1 is 0.889 bits per heavy atom. The van der Waals surface area contributed by atoms with Crippen molar-refractivity contribution in [2.75, 3.05) is 28.2 Å². The first-order valence-electron chi connectivity index (χ1n) is 12.2. The summed E-state index contributed by atoms with van der Waals surface area (Å²) in [6.07, 6.45) is 0. The second-order valence-electron chi connectivity index (χ2n) is 9.38. The number of piperazine rings is 1. The number of nitrogens with one attached hydrogen (secondary N) is 1. The van der Waals surface area contributed by atoms with E-state index >= 15 is 0 Å². The van der Waals surface area contributed by atoms with Gasteiger partial charge in [-0.15, -0.1) is 0 Å². The van der Waals surface area contributed by atoms with Crippen LogP contribution in [0.3, 0.4) is 0 Å². The Bertz CT molecular complexity index is 1350. The predicted octanol–water partition coefficient (Wildman–Crippen LogP) is 6.66. The molecule has 5 rings (SSSR count). The summed E-state index contributed by atoms with van der Waals surface area (Å²) in [4.78, 5) is 14.6. The van der Waals surface area contributed by atoms with Crippen molar-refractivity contribution >= 4 is 34.6 Å². The molecule has 36 heavy (non-hydrogen) atoms. The van der Waals surface area contributed by atoms with Crippen LogP contribution in [0.15, 0.2) is 78.9 Å². The summed E-state index contributed by atoms with van der Waals surface area (Å²) >= 11 is 6.54. The molecule has 6 nitrogen and oxygen atoms in total. The number of anilines is 4. The lowest BCUT2D eigenvalue weighted by molar-refractivity contribution is 0.472. The molecule has 1 aliphatic heterocycles. The number of aryl methyl sites for hydroxylation is 1. The Hall–Kier alpha value is -3.77. The average molecular weight is 500 g/mol. The molecule has 2 atom stereocenters.